The van der Waals surface area contributed by atoms with Gasteiger partial charge in [0.05, 0.1) is 32.1 Å². The molecule has 6 nitrogen and oxygen atoms in total. The number of benzene rings is 1. The van der Waals surface area contributed by atoms with Crippen LogP contribution in [0.4, 0.5) is 0 Å². The number of ether oxygens (including phenoxy) is 3. The van der Waals surface area contributed by atoms with Crippen LogP contribution in [0.1, 0.15) is 28.1 Å². The lowest BCUT2D eigenvalue weighted by Gasteiger charge is -2.39. The quantitative estimate of drug-likeness (QED) is 0.784. The van der Waals surface area contributed by atoms with Crippen molar-refractivity contribution in [1.82, 2.24) is 4.90 Å². The van der Waals surface area contributed by atoms with Crippen molar-refractivity contribution in [3.05, 3.63) is 22.6 Å². The Morgan fingerprint density at radius 2 is 1.84 bits per heavy atom. The van der Waals surface area contributed by atoms with Crippen LogP contribution in [0, 0.1) is 5.92 Å². The summed E-state index contributed by atoms with van der Waals surface area (Å²) in [5.74, 6) is 1.12. The zero-order valence-electron chi connectivity index (χ0n) is 14.3. The molecule has 1 aromatic carbocycles. The Balaban J connectivity index is 1.61. The maximum absolute atomic E-state index is 12.8. The molecule has 0 saturated heterocycles. The van der Waals surface area contributed by atoms with E-state index in [2.05, 4.69) is 0 Å². The Hall–Kier alpha value is -2.28. The van der Waals surface area contributed by atoms with E-state index < -0.39 is 0 Å². The normalized spacial score (nSPS) is 21.9. The van der Waals surface area contributed by atoms with Gasteiger partial charge in [0, 0.05) is 34.3 Å². The van der Waals surface area contributed by atoms with Gasteiger partial charge in [0.1, 0.15) is 0 Å². The molecular formula is C18H19NO5S. The maximum atomic E-state index is 12.8. The topological polar surface area (TPSA) is 65.1 Å². The highest BCUT2D eigenvalue weighted by Gasteiger charge is 2.44. The van der Waals surface area contributed by atoms with Crippen molar-refractivity contribution in [1.29, 1.82) is 0 Å². The molecule has 7 heteroatoms. The maximum Gasteiger partial charge on any atom is 0.308 e. The fourth-order valence-electron chi connectivity index (χ4n) is 3.67. The first kappa shape index (κ1) is 16.2. The average Bonchev–Trinajstić information content (AvgIpc) is 3.09. The standard InChI is InChI=1S/C18H19NO5S/c1-22-13-6-11-12-8-19(10-4-9(5-10)18(21)24-3)17(20)16(12)25-15(11)7-14(13)23-2/h6-7,9-10H,4-5,8H2,1-3H3. The number of carbonyl (C=O) groups excluding carboxylic acids is 2. The minimum Gasteiger partial charge on any atom is -0.493 e. The van der Waals surface area contributed by atoms with E-state index in [0.29, 0.717) is 30.9 Å². The average molecular weight is 361 g/mol. The molecule has 1 saturated carbocycles. The lowest BCUT2D eigenvalue weighted by Crippen LogP contribution is -2.47. The molecule has 0 radical (unpaired) electrons. The van der Waals surface area contributed by atoms with Gasteiger partial charge in [0.15, 0.2) is 11.5 Å². The number of thiophene rings is 1. The lowest BCUT2D eigenvalue weighted by atomic mass is 9.79. The molecule has 0 spiro atoms. The first-order valence-corrected chi connectivity index (χ1v) is 8.95. The predicted octanol–water partition coefficient (Wildman–Crippen LogP) is 2.83. The van der Waals surface area contributed by atoms with Gasteiger partial charge in [-0.1, -0.05) is 0 Å². The van der Waals surface area contributed by atoms with Crippen molar-refractivity contribution in [2.24, 2.45) is 5.92 Å². The number of amides is 1. The molecule has 2 heterocycles. The summed E-state index contributed by atoms with van der Waals surface area (Å²) in [5.41, 5.74) is 1.05. The van der Waals surface area contributed by atoms with Crippen LogP contribution in [-0.4, -0.2) is 44.1 Å². The number of nitrogens with zero attached hydrogens (tertiary/aromatic N) is 1. The van der Waals surface area contributed by atoms with Gasteiger partial charge >= 0.3 is 5.97 Å². The molecule has 1 aliphatic carbocycles. The zero-order valence-corrected chi connectivity index (χ0v) is 15.1. The SMILES string of the molecule is COC(=O)C1CC(N2Cc3c(sc4cc(OC)c(OC)cc34)C2=O)C1. The van der Waals surface area contributed by atoms with Gasteiger partial charge in [-0.15, -0.1) is 11.3 Å². The summed E-state index contributed by atoms with van der Waals surface area (Å²) in [7, 11) is 4.61. The van der Waals surface area contributed by atoms with Crippen LogP contribution in [-0.2, 0) is 16.1 Å². The molecule has 1 aliphatic heterocycles. The second kappa shape index (κ2) is 5.91. The van der Waals surface area contributed by atoms with Gasteiger partial charge in [-0.25, -0.2) is 0 Å². The van der Waals surface area contributed by atoms with E-state index in [1.807, 2.05) is 17.0 Å². The van der Waals surface area contributed by atoms with Crippen LogP contribution < -0.4 is 9.47 Å². The van der Waals surface area contributed by atoms with Crippen molar-refractivity contribution in [2.75, 3.05) is 21.3 Å². The number of methoxy groups -OCH3 is 3. The molecule has 1 fully saturated rings. The van der Waals surface area contributed by atoms with Gasteiger partial charge in [0.2, 0.25) is 0 Å². The van der Waals surface area contributed by atoms with Crippen LogP contribution in [0.2, 0.25) is 0 Å². The van der Waals surface area contributed by atoms with Crippen molar-refractivity contribution in [3.8, 4) is 11.5 Å². The van der Waals surface area contributed by atoms with E-state index >= 15 is 0 Å². The van der Waals surface area contributed by atoms with E-state index in [9.17, 15) is 9.59 Å². The zero-order chi connectivity index (χ0) is 17.7. The smallest absolute Gasteiger partial charge is 0.308 e. The molecule has 1 amide bonds. The molecule has 2 aromatic rings. The highest BCUT2D eigenvalue weighted by atomic mass is 32.1. The van der Waals surface area contributed by atoms with Gasteiger partial charge in [-0.3, -0.25) is 9.59 Å². The fourth-order valence-corrected chi connectivity index (χ4v) is 4.85. The number of fused-ring (bicyclic) bond motifs is 3. The van der Waals surface area contributed by atoms with E-state index in [4.69, 9.17) is 14.2 Å². The molecular weight excluding hydrogens is 342 g/mol. The van der Waals surface area contributed by atoms with Crippen molar-refractivity contribution in [3.63, 3.8) is 0 Å². The monoisotopic (exact) mass is 361 g/mol. The Bertz CT molecular complexity index is 868. The van der Waals surface area contributed by atoms with E-state index in [-0.39, 0.29) is 23.8 Å². The van der Waals surface area contributed by atoms with Crippen LogP contribution in [0.5, 0.6) is 11.5 Å². The van der Waals surface area contributed by atoms with Crippen molar-refractivity contribution < 1.29 is 23.8 Å². The summed E-state index contributed by atoms with van der Waals surface area (Å²) in [6, 6.07) is 3.98. The number of hydrogen-bond acceptors (Lipinski definition) is 6. The molecule has 25 heavy (non-hydrogen) atoms. The Morgan fingerprint density at radius 3 is 2.48 bits per heavy atom. The molecule has 2 aliphatic rings. The van der Waals surface area contributed by atoms with Crippen LogP contribution >= 0.6 is 11.3 Å². The summed E-state index contributed by atoms with van der Waals surface area (Å²) in [6.07, 6.45) is 1.37. The lowest BCUT2D eigenvalue weighted by molar-refractivity contribution is -0.150. The number of carbonyl (C=O) groups is 2. The van der Waals surface area contributed by atoms with E-state index in [1.54, 1.807) is 14.2 Å². The Labute approximate surface area is 149 Å². The fraction of sp³-hybridized carbons (Fsp3) is 0.444. The third kappa shape index (κ3) is 2.37. The summed E-state index contributed by atoms with van der Waals surface area (Å²) >= 11 is 1.49. The minimum absolute atomic E-state index is 0.0578. The molecule has 0 unspecified atom stereocenters. The molecule has 0 atom stereocenters. The number of esters is 1. The van der Waals surface area contributed by atoms with E-state index in [1.165, 1.54) is 18.4 Å². The number of hydrogen-bond donors (Lipinski definition) is 0. The molecule has 0 N–H and O–H groups in total. The largest absolute Gasteiger partial charge is 0.493 e. The second-order valence-corrected chi connectivity index (χ2v) is 7.44. The summed E-state index contributed by atoms with van der Waals surface area (Å²) < 4.78 is 16.5. The Kier molecular flexibility index (Phi) is 3.83. The van der Waals surface area contributed by atoms with Gasteiger partial charge in [-0.05, 0) is 18.9 Å². The second-order valence-electron chi connectivity index (χ2n) is 6.39. The first-order valence-electron chi connectivity index (χ1n) is 8.13. The van der Waals surface area contributed by atoms with Gasteiger partial charge in [-0.2, -0.15) is 0 Å². The Morgan fingerprint density at radius 1 is 1.16 bits per heavy atom. The highest BCUT2D eigenvalue weighted by molar-refractivity contribution is 7.21. The molecule has 4 rings (SSSR count). The molecule has 132 valence electrons. The van der Waals surface area contributed by atoms with Gasteiger partial charge < -0.3 is 19.1 Å². The van der Waals surface area contributed by atoms with Gasteiger partial charge in [0.25, 0.3) is 5.91 Å². The first-order chi connectivity index (χ1) is 12.1. The predicted molar refractivity (Wildman–Crippen MR) is 93.3 cm³/mol. The summed E-state index contributed by atoms with van der Waals surface area (Å²) in [6.45, 7) is 0.586. The van der Waals surface area contributed by atoms with Crippen molar-refractivity contribution >= 4 is 33.3 Å². The summed E-state index contributed by atoms with van der Waals surface area (Å²) in [5, 5.41) is 1.04. The third-order valence-corrected chi connectivity index (χ3v) is 6.35. The van der Waals surface area contributed by atoms with Crippen LogP contribution in [0.25, 0.3) is 10.1 Å². The number of rotatable bonds is 4. The molecule has 0 bridgehead atoms. The van der Waals surface area contributed by atoms with Crippen LogP contribution in [0.3, 0.4) is 0 Å². The molecule has 1 aromatic heterocycles. The third-order valence-electron chi connectivity index (χ3n) is 5.17. The highest BCUT2D eigenvalue weighted by Crippen LogP contribution is 2.45. The van der Waals surface area contributed by atoms with E-state index in [0.717, 1.165) is 20.5 Å². The van der Waals surface area contributed by atoms with Crippen molar-refractivity contribution in [2.45, 2.75) is 25.4 Å². The van der Waals surface area contributed by atoms with Crippen LogP contribution in [0.15, 0.2) is 12.1 Å². The summed E-state index contributed by atoms with van der Waals surface area (Å²) in [4.78, 5) is 27.0. The minimum atomic E-state index is -0.181.